The first kappa shape index (κ1) is 49.7. The SMILES string of the molecule is OC[C@H]1O[C@@H](c2c(O)cc([C@H]3c4c(O)cc5c6c4[C@@H]([C@H](c4ccc(O)cc4)c4c(O)cc(O)cc4[C@H]6[C@H](c4ccc(O)cc4)O5)[C@@H]3c3ccc(O)cc3)c3c2O[C@@H](c2ccc(O)cc2)[C@@H]3c2cc(O)cc(O)c2)[C@H](O)[C@@H](O)[C@@H]1O. The van der Waals surface area contributed by atoms with Crippen molar-refractivity contribution in [2.24, 2.45) is 0 Å². The number of aliphatic hydroxyl groups excluding tert-OH is 4. The van der Waals surface area contributed by atoms with Crippen LogP contribution in [0.4, 0.5) is 0 Å². The van der Waals surface area contributed by atoms with Crippen LogP contribution < -0.4 is 9.47 Å². The Balaban J connectivity index is 1.17. The van der Waals surface area contributed by atoms with Crippen LogP contribution in [0.5, 0.6) is 69.0 Å². The molecule has 13 rings (SSSR count). The van der Waals surface area contributed by atoms with E-state index in [9.17, 15) is 71.5 Å². The number of hydrogen-bond acceptors (Lipinski definition) is 17. The normalized spacial score (nSPS) is 27.1. The van der Waals surface area contributed by atoms with Gasteiger partial charge in [0.2, 0.25) is 0 Å². The van der Waals surface area contributed by atoms with Gasteiger partial charge in [-0.05, 0) is 117 Å². The van der Waals surface area contributed by atoms with Crippen LogP contribution in [0.25, 0.3) is 0 Å². The second-order valence-corrected chi connectivity index (χ2v) is 21.2. The summed E-state index contributed by atoms with van der Waals surface area (Å²) in [4.78, 5) is 0. The van der Waals surface area contributed by atoms with E-state index in [1.165, 1.54) is 78.9 Å². The van der Waals surface area contributed by atoms with Crippen molar-refractivity contribution in [3.05, 3.63) is 212 Å². The van der Waals surface area contributed by atoms with Crippen LogP contribution in [0.15, 0.2) is 140 Å². The average molecular weight is 1070 g/mol. The molecule has 0 amide bonds. The zero-order valence-corrected chi connectivity index (χ0v) is 41.5. The fraction of sp³-hybridized carbons (Fsp3) is 0.226. The highest BCUT2D eigenvalue weighted by Gasteiger charge is 2.58. The molecule has 0 saturated carbocycles. The van der Waals surface area contributed by atoms with Crippen molar-refractivity contribution < 1.29 is 85.7 Å². The monoisotopic (exact) mass is 1070 g/mol. The highest BCUT2D eigenvalue weighted by Crippen LogP contribution is 2.72. The summed E-state index contributed by atoms with van der Waals surface area (Å²) in [7, 11) is 0. The second-order valence-electron chi connectivity index (χ2n) is 21.2. The minimum absolute atomic E-state index is 0.00870. The van der Waals surface area contributed by atoms with Crippen LogP contribution in [0.1, 0.15) is 126 Å². The maximum absolute atomic E-state index is 13.1. The molecule has 17 heteroatoms. The summed E-state index contributed by atoms with van der Waals surface area (Å²) < 4.78 is 20.2. The molecule has 14 N–H and O–H groups in total. The topological polar surface area (TPSA) is 311 Å². The fourth-order valence-corrected chi connectivity index (χ4v) is 13.7. The lowest BCUT2D eigenvalue weighted by Gasteiger charge is -2.41. The molecule has 8 aromatic carbocycles. The summed E-state index contributed by atoms with van der Waals surface area (Å²) in [6.45, 7) is -0.804. The van der Waals surface area contributed by atoms with Gasteiger partial charge in [-0.2, -0.15) is 0 Å². The third kappa shape index (κ3) is 7.71. The molecule has 0 radical (unpaired) electrons. The van der Waals surface area contributed by atoms with Crippen molar-refractivity contribution in [2.45, 2.75) is 78.2 Å². The van der Waals surface area contributed by atoms with Crippen molar-refractivity contribution in [1.82, 2.24) is 0 Å². The molecular weight excluding hydrogens is 1020 g/mol. The molecule has 0 aromatic heterocycles. The van der Waals surface area contributed by atoms with E-state index in [0.717, 1.165) is 6.07 Å². The van der Waals surface area contributed by atoms with Gasteiger partial charge in [-0.15, -0.1) is 0 Å². The van der Waals surface area contributed by atoms with Gasteiger partial charge >= 0.3 is 0 Å². The fourth-order valence-electron chi connectivity index (χ4n) is 13.7. The molecule has 1 saturated heterocycles. The first-order chi connectivity index (χ1) is 38.0. The molecule has 13 atom stereocenters. The van der Waals surface area contributed by atoms with Crippen LogP contribution in [0, 0.1) is 0 Å². The van der Waals surface area contributed by atoms with Crippen LogP contribution in [-0.4, -0.2) is 103 Å². The number of phenols is 10. The van der Waals surface area contributed by atoms with E-state index in [1.807, 2.05) is 0 Å². The lowest BCUT2D eigenvalue weighted by atomic mass is 9.67. The Morgan fingerprint density at radius 2 is 0.835 bits per heavy atom. The molecule has 402 valence electrons. The first-order valence-electron chi connectivity index (χ1n) is 25.7. The minimum atomic E-state index is -1.93. The number of benzene rings is 8. The van der Waals surface area contributed by atoms with E-state index in [1.54, 1.807) is 54.6 Å². The highest BCUT2D eigenvalue weighted by atomic mass is 16.5. The lowest BCUT2D eigenvalue weighted by molar-refractivity contribution is -0.232. The quantitative estimate of drug-likeness (QED) is 0.0686. The Morgan fingerprint density at radius 3 is 1.42 bits per heavy atom. The van der Waals surface area contributed by atoms with Crippen molar-refractivity contribution in [1.29, 1.82) is 0 Å². The van der Waals surface area contributed by atoms with E-state index in [0.29, 0.717) is 50.1 Å². The first-order valence-corrected chi connectivity index (χ1v) is 25.7. The summed E-state index contributed by atoms with van der Waals surface area (Å²) in [5.41, 5.74) is 5.19. The van der Waals surface area contributed by atoms with Gasteiger partial charge in [-0.3, -0.25) is 0 Å². The predicted octanol–water partition coefficient (Wildman–Crippen LogP) is 7.95. The summed E-state index contributed by atoms with van der Waals surface area (Å²) in [6, 6.07) is 35.2. The molecule has 8 aromatic rings. The molecular formula is C62H52O17. The third-order valence-electron chi connectivity index (χ3n) is 16.8. The van der Waals surface area contributed by atoms with Crippen LogP contribution in [0.2, 0.25) is 0 Å². The van der Waals surface area contributed by atoms with Gasteiger partial charge in [0.1, 0.15) is 112 Å². The van der Waals surface area contributed by atoms with Crippen LogP contribution in [-0.2, 0) is 4.74 Å². The smallest absolute Gasteiger partial charge is 0.135 e. The van der Waals surface area contributed by atoms with E-state index in [-0.39, 0.29) is 85.5 Å². The summed E-state index contributed by atoms with van der Waals surface area (Å²) in [5, 5.41) is 160. The van der Waals surface area contributed by atoms with Gasteiger partial charge in [0.25, 0.3) is 0 Å². The molecule has 3 heterocycles. The largest absolute Gasteiger partial charge is 0.508 e. The van der Waals surface area contributed by atoms with Gasteiger partial charge in [0, 0.05) is 64.1 Å². The minimum Gasteiger partial charge on any atom is -0.508 e. The Hall–Kier alpha value is -8.84. The molecule has 1 fully saturated rings. The summed E-state index contributed by atoms with van der Waals surface area (Å²) in [5.74, 6) is -7.72. The van der Waals surface area contributed by atoms with E-state index >= 15 is 0 Å². The Bertz CT molecular complexity index is 3690. The number of ether oxygens (including phenoxy) is 3. The van der Waals surface area contributed by atoms with Gasteiger partial charge in [0.05, 0.1) is 24.0 Å². The Kier molecular flexibility index (Phi) is 11.6. The molecule has 0 spiro atoms. The maximum Gasteiger partial charge on any atom is 0.135 e. The van der Waals surface area contributed by atoms with Gasteiger partial charge in [0.15, 0.2) is 0 Å². The van der Waals surface area contributed by atoms with E-state index in [2.05, 4.69) is 0 Å². The van der Waals surface area contributed by atoms with Gasteiger partial charge < -0.3 is 85.7 Å². The van der Waals surface area contributed by atoms with E-state index < -0.39 is 90.6 Å². The number of aromatic hydroxyl groups is 10. The zero-order chi connectivity index (χ0) is 55.0. The lowest BCUT2D eigenvalue weighted by Crippen LogP contribution is -2.55. The molecule has 0 unspecified atom stereocenters. The maximum atomic E-state index is 13.1. The second kappa shape index (κ2) is 18.4. The van der Waals surface area contributed by atoms with Crippen molar-refractivity contribution >= 4 is 0 Å². The van der Waals surface area contributed by atoms with Crippen LogP contribution >= 0.6 is 0 Å². The Morgan fingerprint density at radius 1 is 0.329 bits per heavy atom. The number of hydrogen-bond donors (Lipinski definition) is 14. The van der Waals surface area contributed by atoms with Crippen molar-refractivity contribution in [3.8, 4) is 69.0 Å². The summed E-state index contributed by atoms with van der Waals surface area (Å²) >= 11 is 0. The van der Waals surface area contributed by atoms with Crippen LogP contribution in [0.3, 0.4) is 0 Å². The molecule has 17 nitrogen and oxygen atoms in total. The van der Waals surface area contributed by atoms with Gasteiger partial charge in [-0.1, -0.05) is 48.5 Å². The number of fused-ring (bicyclic) bond motifs is 3. The molecule has 3 aliphatic heterocycles. The molecule has 5 aliphatic rings. The number of aliphatic hydroxyl groups is 4. The zero-order valence-electron chi connectivity index (χ0n) is 41.5. The molecule has 2 aliphatic carbocycles. The number of rotatable bonds is 8. The third-order valence-corrected chi connectivity index (χ3v) is 16.8. The number of phenolic OH excluding ortho intramolecular Hbond substituents is 10. The molecule has 0 bridgehead atoms. The standard InChI is InChI=1S/C62H52O17/c63-24-43-56(74)57(75)58(76)62(78-43)52-40(72)22-38(49-46(29-17-34(68)19-35(69)18-29)59(79-61(49)52)27-5-13-32(66)14-6-27)48-45(26-3-11-31(65)12-4-26)54-44(25-1-9-30(64)10-2-25)47-37(20-36(70)21-39(47)71)50-53-42(23-41(73)51(48)55(53)54)77-60(50)28-7-15-33(67)16-8-28/h1-23,43-46,48,50,54,56-60,62-76H,24H2/t43-,44-,45-,46-,48-,50-,54+,56-,57+,58-,59+,60+,62+/m1/s1. The molecule has 79 heavy (non-hydrogen) atoms. The summed E-state index contributed by atoms with van der Waals surface area (Å²) in [6.07, 6.45) is -10.8. The van der Waals surface area contributed by atoms with Crippen molar-refractivity contribution in [2.75, 3.05) is 6.61 Å². The predicted molar refractivity (Wildman–Crippen MR) is 280 cm³/mol. The average Bonchev–Trinajstić information content (AvgIpc) is 4.25. The van der Waals surface area contributed by atoms with Gasteiger partial charge in [-0.25, -0.2) is 0 Å². The Labute approximate surface area is 449 Å². The van der Waals surface area contributed by atoms with E-state index in [4.69, 9.17) is 14.2 Å². The highest BCUT2D eigenvalue weighted by molar-refractivity contribution is 5.75. The van der Waals surface area contributed by atoms with Crippen molar-refractivity contribution in [3.63, 3.8) is 0 Å².